The molecule has 0 amide bonds. The first-order valence-corrected chi connectivity index (χ1v) is 6.66. The van der Waals surface area contributed by atoms with Crippen LogP contribution in [0.4, 0.5) is 0 Å². The molecule has 2 rings (SSSR count). The molecule has 1 aliphatic rings. The Balaban J connectivity index is 1.98. The first-order chi connectivity index (χ1) is 9.24. The van der Waals surface area contributed by atoms with Gasteiger partial charge in [-0.3, -0.25) is 0 Å². The minimum Gasteiger partial charge on any atom is -0.465 e. The van der Waals surface area contributed by atoms with Crippen molar-refractivity contribution < 1.29 is 14.4 Å². The van der Waals surface area contributed by atoms with E-state index in [0.29, 0.717) is 5.56 Å². The van der Waals surface area contributed by atoms with Crippen LogP contribution in [0.2, 0.25) is 0 Å². The first-order valence-electron chi connectivity index (χ1n) is 6.66. The summed E-state index contributed by atoms with van der Waals surface area (Å²) >= 11 is 0. The molecule has 0 aliphatic carbocycles. The van der Waals surface area contributed by atoms with E-state index in [1.54, 1.807) is 12.1 Å². The molecule has 1 aliphatic heterocycles. The van der Waals surface area contributed by atoms with Gasteiger partial charge in [0.25, 0.3) is 0 Å². The van der Waals surface area contributed by atoms with Crippen LogP contribution in [0.5, 0.6) is 0 Å². The van der Waals surface area contributed by atoms with Gasteiger partial charge < -0.3 is 9.57 Å². The van der Waals surface area contributed by atoms with Crippen LogP contribution in [0.1, 0.15) is 48.5 Å². The molecule has 102 valence electrons. The predicted molar refractivity (Wildman–Crippen MR) is 73.3 cm³/mol. The Bertz CT molecular complexity index is 465. The SMILES string of the molecule is CCCC[C@H]1CC(c2ccc(C(=O)OC)cc2)=NO1. The fourth-order valence-electron chi connectivity index (χ4n) is 2.10. The quantitative estimate of drug-likeness (QED) is 0.765. The fourth-order valence-corrected chi connectivity index (χ4v) is 2.10. The zero-order valence-corrected chi connectivity index (χ0v) is 11.4. The molecular weight excluding hydrogens is 242 g/mol. The lowest BCUT2D eigenvalue weighted by Gasteiger charge is -2.06. The van der Waals surface area contributed by atoms with Crippen LogP contribution in [0.15, 0.2) is 29.4 Å². The van der Waals surface area contributed by atoms with E-state index in [-0.39, 0.29) is 12.1 Å². The lowest BCUT2D eigenvalue weighted by molar-refractivity contribution is 0.0600. The van der Waals surface area contributed by atoms with E-state index in [9.17, 15) is 4.79 Å². The van der Waals surface area contributed by atoms with E-state index in [0.717, 1.165) is 30.5 Å². The number of ether oxygens (including phenoxy) is 1. The average molecular weight is 261 g/mol. The molecule has 1 heterocycles. The number of nitrogens with zero attached hydrogens (tertiary/aromatic N) is 1. The predicted octanol–water partition coefficient (Wildman–Crippen LogP) is 3.16. The molecule has 1 aromatic rings. The van der Waals surface area contributed by atoms with E-state index in [2.05, 4.69) is 16.8 Å². The maximum Gasteiger partial charge on any atom is 0.337 e. The highest BCUT2D eigenvalue weighted by atomic mass is 16.6. The summed E-state index contributed by atoms with van der Waals surface area (Å²) in [7, 11) is 1.38. The standard InChI is InChI=1S/C15H19NO3/c1-3-4-5-13-10-14(16-19-13)11-6-8-12(9-7-11)15(17)18-2/h6-9,13H,3-5,10H2,1-2H3/t13-/m0/s1. The molecule has 19 heavy (non-hydrogen) atoms. The highest BCUT2D eigenvalue weighted by Gasteiger charge is 2.21. The summed E-state index contributed by atoms with van der Waals surface area (Å²) in [6.45, 7) is 2.17. The van der Waals surface area contributed by atoms with Crippen LogP contribution in [0.25, 0.3) is 0 Å². The number of oxime groups is 1. The Kier molecular flexibility index (Phi) is 4.55. The molecule has 0 spiro atoms. The van der Waals surface area contributed by atoms with Gasteiger partial charge in [-0.25, -0.2) is 4.79 Å². The van der Waals surface area contributed by atoms with Crippen molar-refractivity contribution >= 4 is 11.7 Å². The maximum absolute atomic E-state index is 11.3. The van der Waals surface area contributed by atoms with Crippen molar-refractivity contribution in [1.82, 2.24) is 0 Å². The molecular formula is C15H19NO3. The summed E-state index contributed by atoms with van der Waals surface area (Å²) in [4.78, 5) is 16.8. The summed E-state index contributed by atoms with van der Waals surface area (Å²) in [5.41, 5.74) is 2.51. The number of benzene rings is 1. The normalized spacial score (nSPS) is 17.8. The number of unbranched alkanes of at least 4 members (excludes halogenated alkanes) is 1. The molecule has 0 saturated carbocycles. The Morgan fingerprint density at radius 2 is 2.16 bits per heavy atom. The van der Waals surface area contributed by atoms with Crippen LogP contribution >= 0.6 is 0 Å². The van der Waals surface area contributed by atoms with Crippen LogP contribution in [0.3, 0.4) is 0 Å². The highest BCUT2D eigenvalue weighted by Crippen LogP contribution is 2.21. The van der Waals surface area contributed by atoms with Gasteiger partial charge in [0.1, 0.15) is 6.10 Å². The second-order valence-electron chi connectivity index (χ2n) is 4.68. The molecule has 0 unspecified atom stereocenters. The molecule has 0 fully saturated rings. The molecule has 0 radical (unpaired) electrons. The smallest absolute Gasteiger partial charge is 0.337 e. The average Bonchev–Trinajstić information content (AvgIpc) is 2.93. The van der Waals surface area contributed by atoms with Gasteiger partial charge in [-0.1, -0.05) is 30.6 Å². The lowest BCUT2D eigenvalue weighted by atomic mass is 10.0. The molecule has 1 atom stereocenters. The molecule has 1 aromatic carbocycles. The summed E-state index contributed by atoms with van der Waals surface area (Å²) in [6, 6.07) is 7.28. The summed E-state index contributed by atoms with van der Waals surface area (Å²) in [6.07, 6.45) is 4.43. The van der Waals surface area contributed by atoms with Crippen molar-refractivity contribution in [3.63, 3.8) is 0 Å². The van der Waals surface area contributed by atoms with Crippen LogP contribution in [-0.4, -0.2) is 24.9 Å². The van der Waals surface area contributed by atoms with Gasteiger partial charge in [-0.2, -0.15) is 0 Å². The molecule has 0 saturated heterocycles. The molecule has 0 aromatic heterocycles. The summed E-state index contributed by atoms with van der Waals surface area (Å²) in [5, 5.41) is 4.14. The van der Waals surface area contributed by atoms with Gasteiger partial charge in [0.2, 0.25) is 0 Å². The van der Waals surface area contributed by atoms with Crippen LogP contribution in [-0.2, 0) is 9.57 Å². The van der Waals surface area contributed by atoms with E-state index >= 15 is 0 Å². The number of methoxy groups -OCH3 is 1. The van der Waals surface area contributed by atoms with E-state index in [1.165, 1.54) is 13.5 Å². The number of rotatable bonds is 5. The second-order valence-corrected chi connectivity index (χ2v) is 4.68. The molecule has 4 nitrogen and oxygen atoms in total. The number of esters is 1. The molecule has 0 N–H and O–H groups in total. The third-order valence-corrected chi connectivity index (χ3v) is 3.25. The van der Waals surface area contributed by atoms with Gasteiger partial charge in [0.05, 0.1) is 18.4 Å². The van der Waals surface area contributed by atoms with Gasteiger partial charge in [0.15, 0.2) is 0 Å². The van der Waals surface area contributed by atoms with E-state index in [4.69, 9.17) is 4.84 Å². The minimum atomic E-state index is -0.322. The van der Waals surface area contributed by atoms with Gasteiger partial charge >= 0.3 is 5.97 Å². The van der Waals surface area contributed by atoms with Crippen molar-refractivity contribution in [3.8, 4) is 0 Å². The summed E-state index contributed by atoms with van der Waals surface area (Å²) in [5.74, 6) is -0.322. The number of hydrogen-bond acceptors (Lipinski definition) is 4. The highest BCUT2D eigenvalue weighted by molar-refractivity contribution is 6.02. The Morgan fingerprint density at radius 3 is 2.79 bits per heavy atom. The molecule has 4 heteroatoms. The summed E-state index contributed by atoms with van der Waals surface area (Å²) < 4.78 is 4.67. The minimum absolute atomic E-state index is 0.204. The van der Waals surface area contributed by atoms with Crippen LogP contribution < -0.4 is 0 Å². The lowest BCUT2D eigenvalue weighted by Crippen LogP contribution is -2.08. The Hall–Kier alpha value is -1.84. The van der Waals surface area contributed by atoms with Gasteiger partial charge in [-0.15, -0.1) is 0 Å². The Labute approximate surface area is 113 Å². The van der Waals surface area contributed by atoms with E-state index < -0.39 is 0 Å². The van der Waals surface area contributed by atoms with Crippen molar-refractivity contribution in [2.45, 2.75) is 38.7 Å². The number of carbonyl (C=O) groups excluding carboxylic acids is 1. The van der Waals surface area contributed by atoms with Crippen molar-refractivity contribution in [2.75, 3.05) is 7.11 Å². The Morgan fingerprint density at radius 1 is 1.42 bits per heavy atom. The van der Waals surface area contributed by atoms with Crippen LogP contribution in [0, 0.1) is 0 Å². The number of carbonyl (C=O) groups is 1. The topological polar surface area (TPSA) is 47.9 Å². The van der Waals surface area contributed by atoms with Crippen molar-refractivity contribution in [1.29, 1.82) is 0 Å². The third kappa shape index (κ3) is 3.34. The van der Waals surface area contributed by atoms with Crippen molar-refractivity contribution in [3.05, 3.63) is 35.4 Å². The largest absolute Gasteiger partial charge is 0.465 e. The van der Waals surface area contributed by atoms with Crippen molar-refractivity contribution in [2.24, 2.45) is 5.16 Å². The monoisotopic (exact) mass is 261 g/mol. The zero-order chi connectivity index (χ0) is 13.7. The maximum atomic E-state index is 11.3. The second kappa shape index (κ2) is 6.36. The van der Waals surface area contributed by atoms with E-state index in [1.807, 2.05) is 12.1 Å². The van der Waals surface area contributed by atoms with Gasteiger partial charge in [0, 0.05) is 6.42 Å². The molecule has 0 bridgehead atoms. The van der Waals surface area contributed by atoms with Gasteiger partial charge in [-0.05, 0) is 30.5 Å². The fraction of sp³-hybridized carbons (Fsp3) is 0.467. The third-order valence-electron chi connectivity index (χ3n) is 3.25. The number of hydrogen-bond donors (Lipinski definition) is 0. The first kappa shape index (κ1) is 13.6. The zero-order valence-electron chi connectivity index (χ0n) is 11.4.